The van der Waals surface area contributed by atoms with Crippen LogP contribution < -0.4 is 0 Å². The van der Waals surface area contributed by atoms with Gasteiger partial charge in [-0.2, -0.15) is 0 Å². The Balaban J connectivity index is 1.92. The number of hydrogen-bond donors (Lipinski definition) is 1. The Morgan fingerprint density at radius 2 is 2.33 bits per heavy atom. The van der Waals surface area contributed by atoms with Gasteiger partial charge in [0.15, 0.2) is 0 Å². The number of hydrogen-bond acceptors (Lipinski definition) is 4. The molecule has 0 bridgehead atoms. The first-order valence-electron chi connectivity index (χ1n) is 5.59. The third-order valence-electron chi connectivity index (χ3n) is 2.57. The summed E-state index contributed by atoms with van der Waals surface area (Å²) in [5.41, 5.74) is 0.998. The largest absolute Gasteiger partial charge is 0.341 e. The van der Waals surface area contributed by atoms with Crippen LogP contribution in [0, 0.1) is 0 Å². The highest BCUT2D eigenvalue weighted by atomic mass is 32.1. The van der Waals surface area contributed by atoms with Crippen LogP contribution in [0.15, 0.2) is 40.7 Å². The predicted octanol–water partition coefficient (Wildman–Crippen LogP) is 2.75. The summed E-state index contributed by atoms with van der Waals surface area (Å²) in [5, 5.41) is 1.86. The number of aromatic nitrogens is 1. The van der Waals surface area contributed by atoms with Crippen LogP contribution in [0.2, 0.25) is 0 Å². The minimum Gasteiger partial charge on any atom is -0.341 e. The molecule has 0 aliphatic rings. The molecule has 0 aliphatic carbocycles. The molecule has 18 heavy (non-hydrogen) atoms. The summed E-state index contributed by atoms with van der Waals surface area (Å²) in [5.74, 6) is 0.0382. The molecule has 94 valence electrons. The number of thiophene rings is 1. The Morgan fingerprint density at radius 1 is 1.50 bits per heavy atom. The van der Waals surface area contributed by atoms with Crippen LogP contribution >= 0.6 is 24.0 Å². The molecule has 0 aliphatic heterocycles. The van der Waals surface area contributed by atoms with Crippen molar-refractivity contribution in [1.29, 1.82) is 0 Å². The molecule has 5 heteroatoms. The summed E-state index contributed by atoms with van der Waals surface area (Å²) in [6, 6.07) is 7.61. The topological polar surface area (TPSA) is 33.2 Å². The summed E-state index contributed by atoms with van der Waals surface area (Å²) >= 11 is 5.63. The molecular formula is C13H14N2OS2. The van der Waals surface area contributed by atoms with Crippen molar-refractivity contribution < 1.29 is 4.79 Å². The van der Waals surface area contributed by atoms with E-state index < -0.39 is 0 Å². The van der Waals surface area contributed by atoms with Gasteiger partial charge in [-0.05, 0) is 18.2 Å². The minimum absolute atomic E-state index is 0.0382. The molecule has 0 aromatic carbocycles. The molecule has 0 spiro atoms. The summed E-state index contributed by atoms with van der Waals surface area (Å²) < 4.78 is 0. The van der Waals surface area contributed by atoms with Gasteiger partial charge in [-0.15, -0.1) is 24.0 Å². The van der Waals surface area contributed by atoms with Gasteiger partial charge in [-0.25, -0.2) is 0 Å². The van der Waals surface area contributed by atoms with Gasteiger partial charge in [0.2, 0.25) is 0 Å². The van der Waals surface area contributed by atoms with Gasteiger partial charge < -0.3 is 4.90 Å². The third kappa shape index (κ3) is 3.34. The number of rotatable bonds is 4. The van der Waals surface area contributed by atoms with Crippen molar-refractivity contribution >= 4 is 29.9 Å². The van der Waals surface area contributed by atoms with Gasteiger partial charge in [-0.1, -0.05) is 6.07 Å². The molecule has 2 rings (SSSR count). The van der Waals surface area contributed by atoms with Crippen LogP contribution in [0.1, 0.15) is 15.4 Å². The fourth-order valence-corrected chi connectivity index (χ4v) is 2.70. The highest BCUT2D eigenvalue weighted by Gasteiger charge is 2.13. The maximum atomic E-state index is 12.1. The second kappa shape index (κ2) is 6.02. The summed E-state index contributed by atoms with van der Waals surface area (Å²) in [6.45, 7) is 0.662. The number of nitrogens with zero attached hydrogens (tertiary/aromatic N) is 2. The quantitative estimate of drug-likeness (QED) is 0.872. The van der Waals surface area contributed by atoms with Crippen LogP contribution in [0.5, 0.6) is 0 Å². The maximum absolute atomic E-state index is 12.1. The maximum Gasteiger partial charge on any atom is 0.263 e. The van der Waals surface area contributed by atoms with Crippen LogP contribution in [-0.4, -0.2) is 29.4 Å². The van der Waals surface area contributed by atoms with Crippen molar-refractivity contribution in [3.63, 3.8) is 0 Å². The summed E-state index contributed by atoms with van der Waals surface area (Å²) in [7, 11) is 1.81. The standard InChI is InChI=1S/C13H14N2OS2/c1-15(7-5-10-4-2-3-6-14-10)13(16)12-8-11(17)9-18-12/h2-4,6,8-9,17H,5,7H2,1H3. The van der Waals surface area contributed by atoms with E-state index in [1.165, 1.54) is 11.3 Å². The first kappa shape index (κ1) is 13.1. The van der Waals surface area contributed by atoms with Crippen LogP contribution in [0.25, 0.3) is 0 Å². The van der Waals surface area contributed by atoms with E-state index in [1.54, 1.807) is 17.2 Å². The van der Waals surface area contributed by atoms with Gasteiger partial charge in [0.25, 0.3) is 5.91 Å². The van der Waals surface area contributed by atoms with Crippen molar-refractivity contribution in [2.24, 2.45) is 0 Å². The Morgan fingerprint density at radius 3 is 2.94 bits per heavy atom. The average Bonchev–Trinajstić information content (AvgIpc) is 2.83. The Labute approximate surface area is 116 Å². The molecule has 0 unspecified atom stereocenters. The molecule has 2 aromatic rings. The molecule has 0 N–H and O–H groups in total. The lowest BCUT2D eigenvalue weighted by molar-refractivity contribution is 0.0801. The third-order valence-corrected chi connectivity index (χ3v) is 3.92. The number of carbonyl (C=O) groups is 1. The van der Waals surface area contributed by atoms with E-state index in [0.29, 0.717) is 6.54 Å². The number of amides is 1. The van der Waals surface area contributed by atoms with Crippen molar-refractivity contribution in [3.8, 4) is 0 Å². The molecule has 1 amide bonds. The van der Waals surface area contributed by atoms with Crippen molar-refractivity contribution in [3.05, 3.63) is 46.4 Å². The molecule has 3 nitrogen and oxygen atoms in total. The van der Waals surface area contributed by atoms with E-state index in [4.69, 9.17) is 0 Å². The summed E-state index contributed by atoms with van der Waals surface area (Å²) in [4.78, 5) is 19.6. The molecule has 0 saturated heterocycles. The molecule has 2 aromatic heterocycles. The van der Waals surface area contributed by atoms with Crippen molar-refractivity contribution in [1.82, 2.24) is 9.88 Å². The van der Waals surface area contributed by atoms with Crippen LogP contribution in [-0.2, 0) is 6.42 Å². The second-order valence-electron chi connectivity index (χ2n) is 3.97. The normalized spacial score (nSPS) is 10.3. The highest BCUT2D eigenvalue weighted by molar-refractivity contribution is 7.80. The zero-order valence-electron chi connectivity index (χ0n) is 10.0. The van der Waals surface area contributed by atoms with Crippen molar-refractivity contribution in [2.45, 2.75) is 11.3 Å². The van der Waals surface area contributed by atoms with E-state index in [0.717, 1.165) is 21.9 Å². The number of likely N-dealkylation sites (N-methyl/N-ethyl adjacent to an activating group) is 1. The number of thiol groups is 1. The predicted molar refractivity (Wildman–Crippen MR) is 76.5 cm³/mol. The lowest BCUT2D eigenvalue weighted by Crippen LogP contribution is -2.28. The van der Waals surface area contributed by atoms with Gasteiger partial charge in [0.05, 0.1) is 4.88 Å². The number of pyridine rings is 1. The second-order valence-corrected chi connectivity index (χ2v) is 5.39. The van der Waals surface area contributed by atoms with E-state index in [9.17, 15) is 4.79 Å². The lowest BCUT2D eigenvalue weighted by Gasteiger charge is -2.15. The smallest absolute Gasteiger partial charge is 0.263 e. The molecule has 0 fully saturated rings. The zero-order chi connectivity index (χ0) is 13.0. The Kier molecular flexibility index (Phi) is 4.38. The van der Waals surface area contributed by atoms with Crippen LogP contribution in [0.3, 0.4) is 0 Å². The van der Waals surface area contributed by atoms with Gasteiger partial charge in [0, 0.05) is 42.2 Å². The van der Waals surface area contributed by atoms with Crippen LogP contribution in [0.4, 0.5) is 0 Å². The molecule has 0 saturated carbocycles. The SMILES string of the molecule is CN(CCc1ccccn1)C(=O)c1cc(S)cs1. The number of carbonyl (C=O) groups excluding carboxylic acids is 1. The molecule has 0 atom stereocenters. The minimum atomic E-state index is 0.0382. The van der Waals surface area contributed by atoms with E-state index in [1.807, 2.05) is 30.6 Å². The zero-order valence-corrected chi connectivity index (χ0v) is 11.7. The molecule has 0 radical (unpaired) electrons. The van der Waals surface area contributed by atoms with E-state index in [2.05, 4.69) is 17.6 Å². The Hall–Kier alpha value is -1.33. The fraction of sp³-hybridized carbons (Fsp3) is 0.231. The lowest BCUT2D eigenvalue weighted by atomic mass is 10.2. The highest BCUT2D eigenvalue weighted by Crippen LogP contribution is 2.19. The van der Waals surface area contributed by atoms with E-state index in [-0.39, 0.29) is 5.91 Å². The van der Waals surface area contributed by atoms with Gasteiger partial charge in [0.1, 0.15) is 0 Å². The first-order chi connectivity index (χ1) is 8.66. The van der Waals surface area contributed by atoms with Gasteiger partial charge >= 0.3 is 0 Å². The Bertz CT molecular complexity index is 525. The van der Waals surface area contributed by atoms with Gasteiger partial charge in [-0.3, -0.25) is 9.78 Å². The fourth-order valence-electron chi connectivity index (χ4n) is 1.56. The first-order valence-corrected chi connectivity index (χ1v) is 6.92. The van der Waals surface area contributed by atoms with Crippen molar-refractivity contribution in [2.75, 3.05) is 13.6 Å². The monoisotopic (exact) mass is 278 g/mol. The van der Waals surface area contributed by atoms with E-state index >= 15 is 0 Å². The average molecular weight is 278 g/mol. The molecule has 2 heterocycles. The summed E-state index contributed by atoms with van der Waals surface area (Å²) in [6.07, 6.45) is 2.53. The molecular weight excluding hydrogens is 264 g/mol.